The molecule has 0 radical (unpaired) electrons. The van der Waals surface area contributed by atoms with Gasteiger partial charge in [-0.1, -0.05) is 43.5 Å². The van der Waals surface area contributed by atoms with Crippen LogP contribution >= 0.6 is 23.2 Å². The minimum Gasteiger partial charge on any atom is -0.467 e. The minimum atomic E-state index is -4.54. The second-order valence-electron chi connectivity index (χ2n) is 7.39. The SMILES string of the molecule is CCC.CCON.O=C(c1cc(Cl)c(Oc2cnc(OCC(F)(F)F)c(Cl)c2)cc1F)N1CCCC1. The molecule has 1 aromatic heterocycles. The minimum absolute atomic E-state index is 0.00530. The van der Waals surface area contributed by atoms with E-state index in [0.29, 0.717) is 19.7 Å². The highest BCUT2D eigenvalue weighted by atomic mass is 35.5. The first-order valence-corrected chi connectivity index (χ1v) is 11.9. The molecule has 0 saturated carbocycles. The Morgan fingerprint density at radius 1 is 1.11 bits per heavy atom. The van der Waals surface area contributed by atoms with Crippen LogP contribution in [0.15, 0.2) is 24.4 Å². The lowest BCUT2D eigenvalue weighted by molar-refractivity contribution is -0.154. The fourth-order valence-corrected chi connectivity index (χ4v) is 3.12. The van der Waals surface area contributed by atoms with Crippen LogP contribution < -0.4 is 15.4 Å². The summed E-state index contributed by atoms with van der Waals surface area (Å²) in [5.41, 5.74) is -0.170. The molecule has 202 valence electrons. The highest BCUT2D eigenvalue weighted by Gasteiger charge is 2.29. The summed E-state index contributed by atoms with van der Waals surface area (Å²) in [6, 6.07) is 3.27. The highest BCUT2D eigenvalue weighted by molar-refractivity contribution is 6.32. The smallest absolute Gasteiger partial charge is 0.422 e. The Bertz CT molecular complexity index is 973. The molecule has 3 rings (SSSR count). The molecule has 36 heavy (non-hydrogen) atoms. The molecule has 2 heterocycles. The fraction of sp³-hybridized carbons (Fsp3) is 0.478. The molecule has 13 heteroatoms. The number of ether oxygens (including phenoxy) is 2. The molecule has 0 spiro atoms. The highest BCUT2D eigenvalue weighted by Crippen LogP contribution is 2.35. The first kappa shape index (κ1) is 31.7. The number of likely N-dealkylation sites (tertiary alicyclic amines) is 1. The Labute approximate surface area is 217 Å². The van der Waals surface area contributed by atoms with Gasteiger partial charge >= 0.3 is 6.18 Å². The van der Waals surface area contributed by atoms with Gasteiger partial charge in [-0.05, 0) is 25.8 Å². The Morgan fingerprint density at radius 3 is 2.19 bits per heavy atom. The summed E-state index contributed by atoms with van der Waals surface area (Å²) in [5.74, 6) is 2.72. The predicted molar refractivity (Wildman–Crippen MR) is 129 cm³/mol. The summed E-state index contributed by atoms with van der Waals surface area (Å²) in [7, 11) is 0. The van der Waals surface area contributed by atoms with Gasteiger partial charge in [-0.15, -0.1) is 0 Å². The predicted octanol–water partition coefficient (Wildman–Crippen LogP) is 6.81. The fourth-order valence-electron chi connectivity index (χ4n) is 2.71. The van der Waals surface area contributed by atoms with Crippen LogP contribution in [0.3, 0.4) is 0 Å². The number of benzene rings is 1. The summed E-state index contributed by atoms with van der Waals surface area (Å²) in [6.45, 7) is 6.24. The van der Waals surface area contributed by atoms with Crippen LogP contribution in [-0.2, 0) is 4.84 Å². The maximum Gasteiger partial charge on any atom is 0.422 e. The van der Waals surface area contributed by atoms with Crippen molar-refractivity contribution in [2.24, 2.45) is 5.90 Å². The number of nitrogens with two attached hydrogens (primary N) is 1. The van der Waals surface area contributed by atoms with Crippen LogP contribution in [0.25, 0.3) is 0 Å². The second kappa shape index (κ2) is 15.7. The number of halogens is 6. The van der Waals surface area contributed by atoms with E-state index in [-0.39, 0.29) is 27.1 Å². The Morgan fingerprint density at radius 2 is 1.69 bits per heavy atom. The summed E-state index contributed by atoms with van der Waals surface area (Å²) in [5, 5.41) is -0.258. The zero-order valence-electron chi connectivity index (χ0n) is 20.1. The normalized spacial score (nSPS) is 12.8. The zero-order valence-corrected chi connectivity index (χ0v) is 21.6. The monoisotopic (exact) mass is 557 g/mol. The molecule has 1 saturated heterocycles. The number of aromatic nitrogens is 1. The molecule has 7 nitrogen and oxygen atoms in total. The van der Waals surface area contributed by atoms with Gasteiger partial charge in [-0.3, -0.25) is 4.79 Å². The van der Waals surface area contributed by atoms with Crippen LogP contribution in [0.1, 0.15) is 50.4 Å². The first-order chi connectivity index (χ1) is 17.0. The first-order valence-electron chi connectivity index (χ1n) is 11.1. The average Bonchev–Trinajstić information content (AvgIpc) is 3.35. The van der Waals surface area contributed by atoms with E-state index in [4.69, 9.17) is 27.9 Å². The average molecular weight is 558 g/mol. The number of carbonyl (C=O) groups is 1. The van der Waals surface area contributed by atoms with E-state index >= 15 is 0 Å². The number of rotatable bonds is 6. The quantitative estimate of drug-likeness (QED) is 0.310. The van der Waals surface area contributed by atoms with Crippen molar-refractivity contribution in [2.45, 2.75) is 46.2 Å². The third-order valence-corrected chi connectivity index (χ3v) is 4.76. The van der Waals surface area contributed by atoms with Crippen molar-refractivity contribution in [3.63, 3.8) is 0 Å². The standard InChI is InChI=1S/C18H14Cl2F4N2O3.C3H8.C2H7NO/c19-12-6-11(17(27)26-3-1-2-4-26)14(21)7-15(12)29-10-5-13(20)16(25-8-10)28-9-18(22,23)24;1-3-2;1-2-4-3/h5-8H,1-4,9H2;3H2,1-2H3;2-3H2,1H3. The van der Waals surface area contributed by atoms with Gasteiger partial charge in [0.15, 0.2) is 6.61 Å². The zero-order chi connectivity index (χ0) is 27.3. The van der Waals surface area contributed by atoms with E-state index in [0.717, 1.165) is 31.2 Å². The van der Waals surface area contributed by atoms with Gasteiger partial charge in [-0.25, -0.2) is 15.3 Å². The van der Waals surface area contributed by atoms with Gasteiger partial charge in [-0.2, -0.15) is 13.2 Å². The van der Waals surface area contributed by atoms with Crippen molar-refractivity contribution < 1.29 is 36.7 Å². The summed E-state index contributed by atoms with van der Waals surface area (Å²) in [4.78, 5) is 21.6. The Hall–Kier alpha value is -2.34. The summed E-state index contributed by atoms with van der Waals surface area (Å²) >= 11 is 12.0. The Kier molecular flexibility index (Phi) is 13.8. The van der Waals surface area contributed by atoms with E-state index in [2.05, 4.69) is 34.3 Å². The Balaban J connectivity index is 0.000000825. The van der Waals surface area contributed by atoms with Crippen molar-refractivity contribution >= 4 is 29.1 Å². The van der Waals surface area contributed by atoms with Crippen molar-refractivity contribution in [3.05, 3.63) is 45.8 Å². The molecular formula is C23H29Cl2F4N3O4. The van der Waals surface area contributed by atoms with Crippen molar-refractivity contribution in [2.75, 3.05) is 26.3 Å². The van der Waals surface area contributed by atoms with Crippen molar-refractivity contribution in [1.82, 2.24) is 9.88 Å². The van der Waals surface area contributed by atoms with Crippen molar-refractivity contribution in [1.29, 1.82) is 0 Å². The van der Waals surface area contributed by atoms with E-state index in [1.165, 1.54) is 12.5 Å². The molecule has 1 aromatic carbocycles. The van der Waals surface area contributed by atoms with Gasteiger partial charge in [0.05, 0.1) is 23.4 Å². The second-order valence-corrected chi connectivity index (χ2v) is 8.20. The van der Waals surface area contributed by atoms with Crippen LogP contribution in [0, 0.1) is 5.82 Å². The van der Waals surface area contributed by atoms with Crippen LogP contribution in [-0.4, -0.2) is 48.3 Å². The molecule has 0 bridgehead atoms. The lowest BCUT2D eigenvalue weighted by Crippen LogP contribution is -2.28. The summed E-state index contributed by atoms with van der Waals surface area (Å²) < 4.78 is 61.0. The lowest BCUT2D eigenvalue weighted by atomic mass is 10.1. The number of hydrogen-bond acceptors (Lipinski definition) is 6. The van der Waals surface area contributed by atoms with Gasteiger partial charge in [0, 0.05) is 25.2 Å². The molecule has 0 unspecified atom stereocenters. The van der Waals surface area contributed by atoms with Gasteiger partial charge in [0.1, 0.15) is 22.3 Å². The largest absolute Gasteiger partial charge is 0.467 e. The van der Waals surface area contributed by atoms with E-state index in [9.17, 15) is 22.4 Å². The summed E-state index contributed by atoms with van der Waals surface area (Å²) in [6.07, 6.45) is -0.522. The number of nitrogens with zero attached hydrogens (tertiary/aromatic N) is 2. The number of amides is 1. The number of alkyl halides is 3. The van der Waals surface area contributed by atoms with Crippen LogP contribution in [0.2, 0.25) is 10.0 Å². The van der Waals surface area contributed by atoms with E-state index in [1.807, 2.05) is 6.92 Å². The van der Waals surface area contributed by atoms with Gasteiger partial charge in [0.25, 0.3) is 5.91 Å². The number of pyridine rings is 1. The molecule has 1 aliphatic rings. The number of hydrogen-bond donors (Lipinski definition) is 1. The van der Waals surface area contributed by atoms with E-state index < -0.39 is 30.4 Å². The van der Waals surface area contributed by atoms with Crippen molar-refractivity contribution in [3.8, 4) is 17.4 Å². The van der Waals surface area contributed by atoms with Crippen LogP contribution in [0.5, 0.6) is 17.4 Å². The van der Waals surface area contributed by atoms with Gasteiger partial charge in [0.2, 0.25) is 5.88 Å². The maximum absolute atomic E-state index is 14.4. The third kappa shape index (κ3) is 10.7. The molecule has 0 atom stereocenters. The molecule has 2 N–H and O–H groups in total. The molecule has 1 amide bonds. The molecule has 2 aromatic rings. The van der Waals surface area contributed by atoms with Gasteiger partial charge < -0.3 is 19.2 Å². The molecule has 1 aliphatic heterocycles. The number of carbonyl (C=O) groups excluding carboxylic acids is 1. The molecule has 0 aliphatic carbocycles. The van der Waals surface area contributed by atoms with Crippen LogP contribution in [0.4, 0.5) is 17.6 Å². The topological polar surface area (TPSA) is 86.9 Å². The third-order valence-electron chi connectivity index (χ3n) is 4.19. The molecular weight excluding hydrogens is 529 g/mol. The molecule has 1 fully saturated rings. The maximum atomic E-state index is 14.4. The lowest BCUT2D eigenvalue weighted by Gasteiger charge is -2.17. The van der Waals surface area contributed by atoms with E-state index in [1.54, 1.807) is 4.90 Å².